The monoisotopic (exact) mass is 311 g/mol. The van der Waals surface area contributed by atoms with Gasteiger partial charge in [-0.2, -0.15) is 0 Å². The minimum Gasteiger partial charge on any atom is -0.413 e. The third-order valence-corrected chi connectivity index (χ3v) is 4.70. The molecule has 110 valence electrons. The van der Waals surface area contributed by atoms with E-state index in [2.05, 4.69) is 4.98 Å². The van der Waals surface area contributed by atoms with Crippen molar-refractivity contribution in [3.63, 3.8) is 0 Å². The largest absolute Gasteiger partial charge is 0.464 e. The van der Waals surface area contributed by atoms with E-state index in [-0.39, 0.29) is 0 Å². The average molecular weight is 311 g/mol. The van der Waals surface area contributed by atoms with E-state index < -0.39 is 7.60 Å². The summed E-state index contributed by atoms with van der Waals surface area (Å²) in [5, 5.41) is 0.405. The summed E-state index contributed by atoms with van der Waals surface area (Å²) in [7, 11) is -3.58. The molecule has 5 heteroatoms. The van der Waals surface area contributed by atoms with Crippen LogP contribution in [0.2, 0.25) is 0 Å². The van der Waals surface area contributed by atoms with Crippen LogP contribution in [0.1, 0.15) is 0 Å². The van der Waals surface area contributed by atoms with Crippen molar-refractivity contribution in [3.8, 4) is 11.5 Å². The Morgan fingerprint density at radius 1 is 0.727 bits per heavy atom. The molecule has 0 amide bonds. The topological polar surface area (TPSA) is 48.4 Å². The molecule has 0 saturated carbocycles. The molecule has 3 aromatic rings. The summed E-state index contributed by atoms with van der Waals surface area (Å²) in [4.78, 5) is 4.00. The fraction of sp³-hybridized carbons (Fsp3) is 0. The van der Waals surface area contributed by atoms with E-state index >= 15 is 0 Å². The van der Waals surface area contributed by atoms with Gasteiger partial charge in [-0.1, -0.05) is 36.4 Å². The summed E-state index contributed by atoms with van der Waals surface area (Å²) in [6, 6.07) is 21.3. The van der Waals surface area contributed by atoms with Gasteiger partial charge in [-0.3, -0.25) is 4.98 Å². The minimum atomic E-state index is -3.58. The van der Waals surface area contributed by atoms with Crippen LogP contribution >= 0.6 is 7.60 Å². The number of pyridine rings is 1. The van der Waals surface area contributed by atoms with Crippen molar-refractivity contribution in [2.45, 2.75) is 0 Å². The quantitative estimate of drug-likeness (QED) is 0.667. The molecule has 22 heavy (non-hydrogen) atoms. The van der Waals surface area contributed by atoms with Gasteiger partial charge in [0.1, 0.15) is 16.8 Å². The van der Waals surface area contributed by atoms with Gasteiger partial charge in [0, 0.05) is 12.4 Å². The zero-order chi connectivity index (χ0) is 15.3. The van der Waals surface area contributed by atoms with E-state index in [1.165, 1.54) is 6.20 Å². The molecule has 0 atom stereocenters. The van der Waals surface area contributed by atoms with E-state index in [1.54, 1.807) is 42.6 Å². The van der Waals surface area contributed by atoms with Crippen molar-refractivity contribution in [1.82, 2.24) is 4.98 Å². The summed E-state index contributed by atoms with van der Waals surface area (Å²) in [5.74, 6) is 0.955. The fourth-order valence-corrected chi connectivity index (χ4v) is 3.40. The first-order valence-electron chi connectivity index (χ1n) is 6.76. The molecule has 0 aliphatic heterocycles. The molecule has 0 aliphatic carbocycles. The van der Waals surface area contributed by atoms with Gasteiger partial charge >= 0.3 is 7.60 Å². The molecule has 0 spiro atoms. The Kier molecular flexibility index (Phi) is 4.22. The standard InChI is InChI=1S/C17H14NO3P/c19-22(17-12-7-13-18-14-17,20-15-8-3-1-4-9-15)21-16-10-5-2-6-11-16/h1-14H. The highest BCUT2D eigenvalue weighted by Crippen LogP contribution is 2.47. The highest BCUT2D eigenvalue weighted by Gasteiger charge is 2.31. The van der Waals surface area contributed by atoms with Gasteiger partial charge in [0.25, 0.3) is 0 Å². The van der Waals surface area contributed by atoms with Gasteiger partial charge < -0.3 is 9.05 Å². The molecule has 2 aromatic carbocycles. The van der Waals surface area contributed by atoms with E-state index in [0.717, 1.165) is 0 Å². The zero-order valence-corrected chi connectivity index (χ0v) is 12.6. The van der Waals surface area contributed by atoms with Crippen LogP contribution in [0.3, 0.4) is 0 Å². The number of aromatic nitrogens is 1. The van der Waals surface area contributed by atoms with E-state index in [1.807, 2.05) is 36.4 Å². The first kappa shape index (κ1) is 14.4. The molecule has 0 fully saturated rings. The Balaban J connectivity index is 1.97. The van der Waals surface area contributed by atoms with Crippen molar-refractivity contribution in [2.75, 3.05) is 0 Å². The second-order valence-corrected chi connectivity index (χ2v) is 6.39. The first-order valence-corrected chi connectivity index (χ1v) is 8.30. The summed E-state index contributed by atoms with van der Waals surface area (Å²) in [6.07, 6.45) is 3.10. The predicted molar refractivity (Wildman–Crippen MR) is 85.6 cm³/mol. The lowest BCUT2D eigenvalue weighted by Crippen LogP contribution is -2.15. The van der Waals surface area contributed by atoms with Gasteiger partial charge in [0.2, 0.25) is 0 Å². The smallest absolute Gasteiger partial charge is 0.413 e. The molecular formula is C17H14NO3P. The Hall–Kier alpha value is -2.58. The van der Waals surface area contributed by atoms with Gasteiger partial charge in [-0.15, -0.1) is 0 Å². The number of hydrogen-bond acceptors (Lipinski definition) is 4. The Bertz CT molecular complexity index is 718. The van der Waals surface area contributed by atoms with E-state index in [0.29, 0.717) is 16.8 Å². The normalized spacial score (nSPS) is 10.9. The zero-order valence-electron chi connectivity index (χ0n) is 11.7. The Labute approximate surface area is 128 Å². The molecule has 0 saturated heterocycles. The van der Waals surface area contributed by atoms with Crippen LogP contribution in [0.25, 0.3) is 0 Å². The average Bonchev–Trinajstić information content (AvgIpc) is 2.57. The molecule has 1 aromatic heterocycles. The maximum Gasteiger partial charge on any atom is 0.464 e. The Morgan fingerprint density at radius 3 is 1.73 bits per heavy atom. The predicted octanol–water partition coefficient (Wildman–Crippen LogP) is 4.06. The second kappa shape index (κ2) is 6.46. The lowest BCUT2D eigenvalue weighted by Gasteiger charge is -2.19. The maximum absolute atomic E-state index is 13.3. The molecule has 3 rings (SSSR count). The van der Waals surface area contributed by atoms with Crippen molar-refractivity contribution >= 4 is 12.9 Å². The minimum absolute atomic E-state index is 0.405. The summed E-state index contributed by atoms with van der Waals surface area (Å²) in [6.45, 7) is 0. The van der Waals surface area contributed by atoms with Gasteiger partial charge in [-0.25, -0.2) is 4.57 Å². The van der Waals surface area contributed by atoms with Crippen molar-refractivity contribution in [1.29, 1.82) is 0 Å². The number of para-hydroxylation sites is 2. The Morgan fingerprint density at radius 2 is 1.27 bits per heavy atom. The van der Waals surface area contributed by atoms with Crippen molar-refractivity contribution in [2.24, 2.45) is 0 Å². The van der Waals surface area contributed by atoms with Crippen LogP contribution in [-0.2, 0) is 4.57 Å². The fourth-order valence-electron chi connectivity index (χ4n) is 1.88. The molecule has 0 bridgehead atoms. The van der Waals surface area contributed by atoms with Gasteiger partial charge in [0.05, 0.1) is 0 Å². The summed E-state index contributed by atoms with van der Waals surface area (Å²) < 4.78 is 24.6. The van der Waals surface area contributed by atoms with Crippen LogP contribution in [0.5, 0.6) is 11.5 Å². The molecule has 4 nitrogen and oxygen atoms in total. The van der Waals surface area contributed by atoms with Crippen LogP contribution in [0.4, 0.5) is 0 Å². The van der Waals surface area contributed by atoms with E-state index in [4.69, 9.17) is 9.05 Å². The highest BCUT2D eigenvalue weighted by molar-refractivity contribution is 7.63. The number of hydrogen-bond donors (Lipinski definition) is 0. The highest BCUT2D eigenvalue weighted by atomic mass is 31.2. The SMILES string of the molecule is O=P(Oc1ccccc1)(Oc1ccccc1)c1cccnc1. The maximum atomic E-state index is 13.3. The first-order chi connectivity index (χ1) is 10.8. The molecule has 1 heterocycles. The third-order valence-electron chi connectivity index (χ3n) is 2.90. The molecular weight excluding hydrogens is 297 g/mol. The van der Waals surface area contributed by atoms with Gasteiger partial charge in [0.15, 0.2) is 0 Å². The lowest BCUT2D eigenvalue weighted by molar-refractivity contribution is 0.399. The molecule has 0 N–H and O–H groups in total. The van der Waals surface area contributed by atoms with Crippen LogP contribution < -0.4 is 14.4 Å². The number of benzene rings is 2. The molecule has 0 aliphatic rings. The summed E-state index contributed by atoms with van der Waals surface area (Å²) in [5.41, 5.74) is 0. The lowest BCUT2D eigenvalue weighted by atomic mass is 10.3. The third kappa shape index (κ3) is 3.35. The van der Waals surface area contributed by atoms with Crippen molar-refractivity contribution < 1.29 is 13.6 Å². The van der Waals surface area contributed by atoms with Crippen LogP contribution in [0, 0.1) is 0 Å². The second-order valence-electron chi connectivity index (χ2n) is 4.52. The van der Waals surface area contributed by atoms with Gasteiger partial charge in [-0.05, 0) is 36.4 Å². The van der Waals surface area contributed by atoms with E-state index in [9.17, 15) is 4.57 Å². The van der Waals surface area contributed by atoms with Crippen molar-refractivity contribution in [3.05, 3.63) is 85.2 Å². The number of nitrogens with zero attached hydrogens (tertiary/aromatic N) is 1. The van der Waals surface area contributed by atoms with Crippen LogP contribution in [0.15, 0.2) is 85.2 Å². The van der Waals surface area contributed by atoms with Crippen LogP contribution in [-0.4, -0.2) is 4.98 Å². The number of rotatable bonds is 5. The molecule has 0 unspecified atom stereocenters. The molecule has 0 radical (unpaired) electrons. The summed E-state index contributed by atoms with van der Waals surface area (Å²) >= 11 is 0.